The summed E-state index contributed by atoms with van der Waals surface area (Å²) in [6, 6.07) is 13.2. The molecule has 0 unspecified atom stereocenters. The van der Waals surface area contributed by atoms with E-state index in [0.717, 1.165) is 0 Å². The van der Waals surface area contributed by atoms with Gasteiger partial charge in [-0.2, -0.15) is 13.4 Å². The molecule has 2 aromatic carbocycles. The van der Waals surface area contributed by atoms with E-state index in [1.807, 2.05) is 0 Å². The Kier molecular flexibility index (Phi) is 4.65. The molecule has 2 heterocycles. The summed E-state index contributed by atoms with van der Waals surface area (Å²) >= 11 is 0. The maximum absolute atomic E-state index is 12.6. The number of hydrogen-bond acceptors (Lipinski definition) is 7. The fourth-order valence-electron chi connectivity index (χ4n) is 3.00. The first-order valence-corrected chi connectivity index (χ1v) is 10.5. The van der Waals surface area contributed by atoms with Crippen molar-refractivity contribution in [1.82, 2.24) is 15.5 Å². The molecule has 0 spiro atoms. The average Bonchev–Trinajstić information content (AvgIpc) is 3.24. The summed E-state index contributed by atoms with van der Waals surface area (Å²) in [6.07, 6.45) is 0. The normalized spacial score (nSPS) is 14.7. The van der Waals surface area contributed by atoms with Crippen molar-refractivity contribution >= 4 is 27.5 Å². The molecule has 0 aliphatic carbocycles. The molecule has 3 aromatic rings. The highest BCUT2D eigenvalue weighted by Crippen LogP contribution is 2.27. The summed E-state index contributed by atoms with van der Waals surface area (Å²) in [6.45, 7) is 5.24. The van der Waals surface area contributed by atoms with E-state index >= 15 is 0 Å². The van der Waals surface area contributed by atoms with Crippen LogP contribution in [-0.4, -0.2) is 30.3 Å². The van der Waals surface area contributed by atoms with Gasteiger partial charge in [-0.15, -0.1) is 4.40 Å². The number of sulfonamides is 1. The SMILES string of the molecule is Cc1nc(C(C)(C)NC(=O)c2ccc(NC3=NS(=O)(=O)c4ccccc43)cc2)no1. The van der Waals surface area contributed by atoms with E-state index in [9.17, 15) is 13.2 Å². The third kappa shape index (κ3) is 3.69. The largest absolute Gasteiger partial charge is 0.340 e. The van der Waals surface area contributed by atoms with Crippen LogP contribution < -0.4 is 10.6 Å². The molecule has 2 N–H and O–H groups in total. The Bertz CT molecular complexity index is 1260. The standard InChI is InChI=1S/C20H19N5O4S/c1-12-21-19(24-29-12)20(2,3)23-18(26)13-8-10-14(11-9-13)22-17-15-6-4-5-7-16(15)30(27,28)25-17/h4-11H,1-3H3,(H,22,25)(H,23,26). The minimum Gasteiger partial charge on any atom is -0.340 e. The molecule has 0 radical (unpaired) electrons. The van der Waals surface area contributed by atoms with Crippen LogP contribution in [0.1, 0.15) is 41.5 Å². The predicted octanol–water partition coefficient (Wildman–Crippen LogP) is 2.60. The van der Waals surface area contributed by atoms with E-state index in [2.05, 4.69) is 25.2 Å². The van der Waals surface area contributed by atoms with E-state index in [-0.39, 0.29) is 16.6 Å². The number of carbonyl (C=O) groups excluding carboxylic acids is 1. The van der Waals surface area contributed by atoms with Crippen LogP contribution in [0, 0.1) is 6.92 Å². The van der Waals surface area contributed by atoms with Crippen molar-refractivity contribution in [1.29, 1.82) is 0 Å². The molecule has 10 heteroatoms. The van der Waals surface area contributed by atoms with Gasteiger partial charge in [0, 0.05) is 23.7 Å². The highest BCUT2D eigenvalue weighted by Gasteiger charge is 2.30. The van der Waals surface area contributed by atoms with Crippen LogP contribution in [0.5, 0.6) is 0 Å². The van der Waals surface area contributed by atoms with Crippen LogP contribution in [0.4, 0.5) is 5.69 Å². The number of nitrogens with one attached hydrogen (secondary N) is 2. The van der Waals surface area contributed by atoms with E-state index < -0.39 is 15.6 Å². The van der Waals surface area contributed by atoms with E-state index in [4.69, 9.17) is 4.52 Å². The van der Waals surface area contributed by atoms with Gasteiger partial charge < -0.3 is 15.2 Å². The number of carbonyl (C=O) groups is 1. The molecule has 0 bridgehead atoms. The van der Waals surface area contributed by atoms with E-state index in [0.29, 0.717) is 28.5 Å². The first kappa shape index (κ1) is 19.8. The lowest BCUT2D eigenvalue weighted by atomic mass is 10.0. The third-order valence-corrected chi connectivity index (χ3v) is 5.89. The number of aromatic nitrogens is 2. The Morgan fingerprint density at radius 3 is 2.43 bits per heavy atom. The van der Waals surface area contributed by atoms with Crippen LogP contribution in [0.15, 0.2) is 62.3 Å². The summed E-state index contributed by atoms with van der Waals surface area (Å²) < 4.78 is 33.1. The van der Waals surface area contributed by atoms with Crippen LogP contribution in [0.2, 0.25) is 0 Å². The molecule has 1 aliphatic heterocycles. The second-order valence-corrected chi connectivity index (χ2v) is 8.90. The van der Waals surface area contributed by atoms with Crippen LogP contribution in [-0.2, 0) is 15.6 Å². The molecule has 1 aromatic heterocycles. The minimum atomic E-state index is -3.70. The molecule has 9 nitrogen and oxygen atoms in total. The second-order valence-electron chi connectivity index (χ2n) is 7.33. The van der Waals surface area contributed by atoms with Crippen molar-refractivity contribution < 1.29 is 17.7 Å². The number of benzene rings is 2. The number of hydrogen-bond donors (Lipinski definition) is 2. The van der Waals surface area contributed by atoms with Crippen LogP contribution >= 0.6 is 0 Å². The number of nitrogens with zero attached hydrogens (tertiary/aromatic N) is 3. The Labute approximate surface area is 173 Å². The Morgan fingerprint density at radius 1 is 1.07 bits per heavy atom. The molecular weight excluding hydrogens is 406 g/mol. The van der Waals surface area contributed by atoms with Crippen molar-refractivity contribution in [3.05, 3.63) is 71.4 Å². The number of amides is 1. The minimum absolute atomic E-state index is 0.169. The Morgan fingerprint density at radius 2 is 1.77 bits per heavy atom. The maximum Gasteiger partial charge on any atom is 0.285 e. The van der Waals surface area contributed by atoms with Gasteiger partial charge in [0.05, 0.1) is 5.54 Å². The van der Waals surface area contributed by atoms with Crippen molar-refractivity contribution in [3.8, 4) is 0 Å². The third-order valence-electron chi connectivity index (χ3n) is 4.55. The predicted molar refractivity (Wildman–Crippen MR) is 110 cm³/mol. The topological polar surface area (TPSA) is 127 Å². The Hall–Kier alpha value is -3.53. The van der Waals surface area contributed by atoms with Crippen molar-refractivity contribution in [2.75, 3.05) is 5.32 Å². The lowest BCUT2D eigenvalue weighted by Crippen LogP contribution is -2.41. The number of aryl methyl sites for hydroxylation is 1. The van der Waals surface area contributed by atoms with Crippen LogP contribution in [0.3, 0.4) is 0 Å². The highest BCUT2D eigenvalue weighted by atomic mass is 32.2. The molecule has 0 saturated carbocycles. The van der Waals surface area contributed by atoms with Crippen molar-refractivity contribution in [2.45, 2.75) is 31.2 Å². The monoisotopic (exact) mass is 425 g/mol. The zero-order valence-electron chi connectivity index (χ0n) is 16.5. The molecule has 4 rings (SSSR count). The molecule has 0 atom stereocenters. The van der Waals surface area contributed by atoms with Gasteiger partial charge in [0.25, 0.3) is 15.9 Å². The van der Waals surface area contributed by atoms with E-state index in [1.165, 1.54) is 6.07 Å². The van der Waals surface area contributed by atoms with Gasteiger partial charge in [-0.25, -0.2) is 0 Å². The molecule has 30 heavy (non-hydrogen) atoms. The van der Waals surface area contributed by atoms with Gasteiger partial charge in [-0.1, -0.05) is 17.3 Å². The average molecular weight is 425 g/mol. The molecule has 0 saturated heterocycles. The quantitative estimate of drug-likeness (QED) is 0.658. The first-order chi connectivity index (χ1) is 14.2. The summed E-state index contributed by atoms with van der Waals surface area (Å²) in [5, 5.41) is 9.74. The smallest absolute Gasteiger partial charge is 0.285 e. The second kappa shape index (κ2) is 7.06. The summed E-state index contributed by atoms with van der Waals surface area (Å²) in [7, 11) is -3.70. The summed E-state index contributed by atoms with van der Waals surface area (Å²) in [4.78, 5) is 17.0. The molecule has 0 fully saturated rings. The number of rotatable bonds is 4. The molecular formula is C20H19N5O4S. The van der Waals surface area contributed by atoms with Gasteiger partial charge in [0.1, 0.15) is 4.90 Å². The van der Waals surface area contributed by atoms with Gasteiger partial charge in [0.15, 0.2) is 11.7 Å². The first-order valence-electron chi connectivity index (χ1n) is 9.10. The lowest BCUT2D eigenvalue weighted by Gasteiger charge is -2.22. The molecule has 154 valence electrons. The lowest BCUT2D eigenvalue weighted by molar-refractivity contribution is 0.0907. The summed E-state index contributed by atoms with van der Waals surface area (Å²) in [5.41, 5.74) is 0.722. The van der Waals surface area contributed by atoms with E-state index in [1.54, 1.807) is 63.2 Å². The molecule has 1 amide bonds. The Balaban J connectivity index is 1.49. The number of anilines is 1. The van der Waals surface area contributed by atoms with Crippen molar-refractivity contribution in [2.24, 2.45) is 4.40 Å². The maximum atomic E-state index is 12.6. The van der Waals surface area contributed by atoms with Gasteiger partial charge in [-0.3, -0.25) is 4.79 Å². The zero-order chi connectivity index (χ0) is 21.5. The van der Waals surface area contributed by atoms with Gasteiger partial charge >= 0.3 is 0 Å². The fourth-order valence-corrected chi connectivity index (χ4v) is 4.18. The fraction of sp³-hybridized carbons (Fsp3) is 0.200. The van der Waals surface area contributed by atoms with Gasteiger partial charge in [0.2, 0.25) is 5.89 Å². The zero-order valence-corrected chi connectivity index (χ0v) is 17.3. The highest BCUT2D eigenvalue weighted by molar-refractivity contribution is 7.90. The van der Waals surface area contributed by atoms with Crippen LogP contribution in [0.25, 0.3) is 0 Å². The van der Waals surface area contributed by atoms with Gasteiger partial charge in [-0.05, 0) is 50.2 Å². The van der Waals surface area contributed by atoms with Crippen molar-refractivity contribution in [3.63, 3.8) is 0 Å². The number of fused-ring (bicyclic) bond motifs is 1. The number of amidine groups is 1. The molecule has 1 aliphatic rings. The summed E-state index contributed by atoms with van der Waals surface area (Å²) in [5.74, 6) is 0.739.